The third-order valence-electron chi connectivity index (χ3n) is 3.87. The van der Waals surface area contributed by atoms with Crippen molar-refractivity contribution in [1.29, 1.82) is 0 Å². The largest absolute Gasteiger partial charge is 0.409 e. The molecule has 1 saturated carbocycles. The molecule has 1 fully saturated rings. The van der Waals surface area contributed by atoms with Gasteiger partial charge in [0.05, 0.1) is 6.54 Å². The van der Waals surface area contributed by atoms with Gasteiger partial charge in [0.25, 0.3) is 0 Å². The molecule has 0 atom stereocenters. The smallest absolute Gasteiger partial charge is 0.234 e. The van der Waals surface area contributed by atoms with E-state index in [1.807, 2.05) is 5.38 Å². The van der Waals surface area contributed by atoms with Crippen molar-refractivity contribution in [2.45, 2.75) is 39.2 Å². The third-order valence-corrected chi connectivity index (χ3v) is 4.83. The Bertz CT molecular complexity index is 492. The van der Waals surface area contributed by atoms with Crippen LogP contribution in [-0.4, -0.2) is 17.0 Å². The number of carbonyl (C=O) groups excluding carboxylic acids is 1. The average molecular weight is 281 g/mol. The van der Waals surface area contributed by atoms with Crippen LogP contribution in [0, 0.1) is 5.41 Å². The maximum Gasteiger partial charge on any atom is 0.234 e. The molecule has 5 nitrogen and oxygen atoms in total. The highest BCUT2D eigenvalue weighted by Crippen LogP contribution is 2.41. The van der Waals surface area contributed by atoms with Crippen LogP contribution in [0.1, 0.15) is 36.6 Å². The quantitative estimate of drug-likeness (QED) is 0.333. The van der Waals surface area contributed by atoms with Gasteiger partial charge >= 0.3 is 0 Å². The molecule has 4 N–H and O–H groups in total. The Morgan fingerprint density at radius 1 is 1.63 bits per heavy atom. The Labute approximate surface area is 116 Å². The molecule has 0 aromatic carbocycles. The topological polar surface area (TPSA) is 87.7 Å². The van der Waals surface area contributed by atoms with Crippen LogP contribution in [0.2, 0.25) is 0 Å². The van der Waals surface area contributed by atoms with Gasteiger partial charge in [-0.15, -0.1) is 11.3 Å². The SMILES string of the molecule is CCc1ccsc1CNC(=O)C1(/C(N)=N/O)CCC1. The molecule has 1 heterocycles. The van der Waals surface area contributed by atoms with E-state index in [2.05, 4.69) is 23.5 Å². The molecular formula is C13H19N3O2S. The Hall–Kier alpha value is -1.56. The van der Waals surface area contributed by atoms with Crippen molar-refractivity contribution in [3.63, 3.8) is 0 Å². The highest BCUT2D eigenvalue weighted by molar-refractivity contribution is 7.10. The standard InChI is InChI=1S/C13H19N3O2S/c1-2-9-4-7-19-10(9)8-15-12(17)13(5-3-6-13)11(14)16-18/h4,7,18H,2-3,5-6,8H2,1H3,(H2,14,16)(H,15,17). The van der Waals surface area contributed by atoms with Crippen LogP contribution in [0.5, 0.6) is 0 Å². The summed E-state index contributed by atoms with van der Waals surface area (Å²) in [4.78, 5) is 13.4. The monoisotopic (exact) mass is 281 g/mol. The number of nitrogens with one attached hydrogen (secondary N) is 1. The lowest BCUT2D eigenvalue weighted by atomic mass is 9.67. The number of hydrogen-bond acceptors (Lipinski definition) is 4. The predicted molar refractivity (Wildman–Crippen MR) is 75.2 cm³/mol. The Kier molecular flexibility index (Phi) is 4.09. The zero-order valence-electron chi connectivity index (χ0n) is 11.0. The summed E-state index contributed by atoms with van der Waals surface area (Å²) < 4.78 is 0. The molecule has 1 aromatic heterocycles. The van der Waals surface area contributed by atoms with E-state index in [1.165, 1.54) is 10.4 Å². The molecule has 1 aliphatic carbocycles. The fourth-order valence-corrected chi connectivity index (χ4v) is 3.31. The van der Waals surface area contributed by atoms with Crippen molar-refractivity contribution in [2.24, 2.45) is 16.3 Å². The van der Waals surface area contributed by atoms with E-state index in [0.29, 0.717) is 19.4 Å². The maximum absolute atomic E-state index is 12.3. The second-order valence-corrected chi connectivity index (χ2v) is 5.83. The summed E-state index contributed by atoms with van der Waals surface area (Å²) in [5.74, 6) is -0.109. The van der Waals surface area contributed by atoms with E-state index in [9.17, 15) is 4.79 Å². The summed E-state index contributed by atoms with van der Waals surface area (Å²) >= 11 is 1.64. The number of amides is 1. The van der Waals surface area contributed by atoms with Crippen molar-refractivity contribution in [3.05, 3.63) is 21.9 Å². The van der Waals surface area contributed by atoms with Crippen molar-refractivity contribution in [2.75, 3.05) is 0 Å². The highest BCUT2D eigenvalue weighted by atomic mass is 32.1. The Balaban J connectivity index is 2.01. The second-order valence-electron chi connectivity index (χ2n) is 4.83. The Morgan fingerprint density at radius 2 is 2.37 bits per heavy atom. The lowest BCUT2D eigenvalue weighted by Crippen LogP contribution is -2.53. The van der Waals surface area contributed by atoms with Crippen LogP contribution in [0.15, 0.2) is 16.6 Å². The number of rotatable bonds is 5. The van der Waals surface area contributed by atoms with Crippen LogP contribution in [0.25, 0.3) is 0 Å². The van der Waals surface area contributed by atoms with Gasteiger partial charge in [0.15, 0.2) is 5.84 Å². The van der Waals surface area contributed by atoms with Gasteiger partial charge in [0.1, 0.15) is 5.41 Å². The number of oxime groups is 1. The zero-order chi connectivity index (χ0) is 13.9. The molecule has 19 heavy (non-hydrogen) atoms. The summed E-state index contributed by atoms with van der Waals surface area (Å²) in [5, 5.41) is 16.8. The molecule has 6 heteroatoms. The molecule has 0 unspecified atom stereocenters. The number of nitrogens with two attached hydrogens (primary N) is 1. The molecule has 2 rings (SSSR count). The first-order chi connectivity index (χ1) is 9.14. The first-order valence-corrected chi connectivity index (χ1v) is 7.33. The maximum atomic E-state index is 12.3. The van der Waals surface area contributed by atoms with E-state index in [4.69, 9.17) is 10.9 Å². The minimum absolute atomic E-state index is 0.0261. The van der Waals surface area contributed by atoms with Crippen LogP contribution in [0.4, 0.5) is 0 Å². The molecule has 0 spiro atoms. The summed E-state index contributed by atoms with van der Waals surface area (Å²) in [6.07, 6.45) is 3.20. The first-order valence-electron chi connectivity index (χ1n) is 6.45. The van der Waals surface area contributed by atoms with Gasteiger partial charge in [0, 0.05) is 4.88 Å². The highest BCUT2D eigenvalue weighted by Gasteiger charge is 2.48. The molecule has 1 aromatic rings. The van der Waals surface area contributed by atoms with E-state index in [0.717, 1.165) is 12.8 Å². The summed E-state index contributed by atoms with van der Waals surface area (Å²) in [5.41, 5.74) is 6.13. The van der Waals surface area contributed by atoms with Crippen molar-refractivity contribution >= 4 is 23.1 Å². The van der Waals surface area contributed by atoms with Gasteiger partial charge < -0.3 is 16.3 Å². The van der Waals surface area contributed by atoms with E-state index >= 15 is 0 Å². The lowest BCUT2D eigenvalue weighted by Gasteiger charge is -2.38. The molecule has 0 bridgehead atoms. The van der Waals surface area contributed by atoms with E-state index < -0.39 is 5.41 Å². The summed E-state index contributed by atoms with van der Waals surface area (Å²) in [6, 6.07) is 2.08. The molecule has 1 amide bonds. The van der Waals surface area contributed by atoms with Crippen LogP contribution in [0.3, 0.4) is 0 Å². The van der Waals surface area contributed by atoms with Crippen molar-refractivity contribution in [3.8, 4) is 0 Å². The van der Waals surface area contributed by atoms with E-state index in [-0.39, 0.29) is 11.7 Å². The summed E-state index contributed by atoms with van der Waals surface area (Å²) in [6.45, 7) is 2.61. The molecule has 0 aliphatic heterocycles. The minimum Gasteiger partial charge on any atom is -0.409 e. The van der Waals surface area contributed by atoms with Gasteiger partial charge in [-0.2, -0.15) is 0 Å². The number of aryl methyl sites for hydroxylation is 1. The minimum atomic E-state index is -0.793. The number of amidine groups is 1. The molecule has 1 aliphatic rings. The van der Waals surface area contributed by atoms with Gasteiger partial charge in [-0.3, -0.25) is 4.79 Å². The Morgan fingerprint density at radius 3 is 2.89 bits per heavy atom. The van der Waals surface area contributed by atoms with Gasteiger partial charge in [-0.25, -0.2) is 0 Å². The second kappa shape index (κ2) is 5.61. The average Bonchev–Trinajstić information content (AvgIpc) is 2.82. The van der Waals surface area contributed by atoms with Crippen LogP contribution < -0.4 is 11.1 Å². The molecular weight excluding hydrogens is 262 g/mol. The summed E-state index contributed by atoms with van der Waals surface area (Å²) in [7, 11) is 0. The van der Waals surface area contributed by atoms with Crippen LogP contribution >= 0.6 is 11.3 Å². The molecule has 104 valence electrons. The number of carbonyl (C=O) groups is 1. The van der Waals surface area contributed by atoms with E-state index in [1.54, 1.807) is 11.3 Å². The number of nitrogens with zero attached hydrogens (tertiary/aromatic N) is 1. The normalized spacial score (nSPS) is 17.8. The van der Waals surface area contributed by atoms with Gasteiger partial charge in [-0.05, 0) is 36.3 Å². The molecule has 0 radical (unpaired) electrons. The lowest BCUT2D eigenvalue weighted by molar-refractivity contribution is -0.131. The number of hydrogen-bond donors (Lipinski definition) is 3. The third kappa shape index (κ3) is 2.45. The fraction of sp³-hybridized carbons (Fsp3) is 0.538. The van der Waals surface area contributed by atoms with Crippen molar-refractivity contribution < 1.29 is 10.0 Å². The predicted octanol–water partition coefficient (Wildman–Crippen LogP) is 1.84. The first kappa shape index (κ1) is 13.9. The zero-order valence-corrected chi connectivity index (χ0v) is 11.8. The van der Waals surface area contributed by atoms with Crippen LogP contribution in [-0.2, 0) is 17.8 Å². The van der Waals surface area contributed by atoms with Crippen molar-refractivity contribution in [1.82, 2.24) is 5.32 Å². The fourth-order valence-electron chi connectivity index (χ4n) is 2.39. The van der Waals surface area contributed by atoms with Gasteiger partial charge in [-0.1, -0.05) is 18.5 Å². The van der Waals surface area contributed by atoms with Gasteiger partial charge in [0.2, 0.25) is 5.91 Å². The number of thiophene rings is 1. The molecule has 0 saturated heterocycles.